The molecule has 2 aromatic carbocycles. The van der Waals surface area contributed by atoms with Crippen molar-refractivity contribution in [2.45, 2.75) is 0 Å². The van der Waals surface area contributed by atoms with E-state index < -0.39 is 5.63 Å². The molecule has 1 aromatic heterocycles. The van der Waals surface area contributed by atoms with Crippen LogP contribution in [0.25, 0.3) is 22.1 Å². The summed E-state index contributed by atoms with van der Waals surface area (Å²) in [6.45, 7) is 4.58. The van der Waals surface area contributed by atoms with Crippen molar-refractivity contribution in [2.24, 2.45) is 0 Å². The van der Waals surface area contributed by atoms with Crippen LogP contribution >= 0.6 is 0 Å². The molecular formula is C24H26N2O5. The molecule has 0 bridgehead atoms. The average molecular weight is 422 g/mol. The summed E-state index contributed by atoms with van der Waals surface area (Å²) in [5.74, 6) is -0.0387. The maximum Gasteiger partial charge on any atom is 0.344 e. The third-order valence-electron chi connectivity index (χ3n) is 5.51. The molecule has 0 atom stereocenters. The minimum absolute atomic E-state index is 0.0302. The number of amides is 1. The average Bonchev–Trinajstić information content (AvgIpc) is 2.81. The lowest BCUT2D eigenvalue weighted by molar-refractivity contribution is 0.0486. The second kappa shape index (κ2) is 9.87. The number of ether oxygens (including phenoxy) is 1. The van der Waals surface area contributed by atoms with E-state index in [0.29, 0.717) is 48.6 Å². The number of carbonyl (C=O) groups excluding carboxylic acids is 1. The molecule has 1 amide bonds. The summed E-state index contributed by atoms with van der Waals surface area (Å²) in [6.07, 6.45) is 0. The van der Waals surface area contributed by atoms with Gasteiger partial charge in [-0.25, -0.2) is 4.79 Å². The first-order valence-electron chi connectivity index (χ1n) is 10.5. The molecule has 1 saturated heterocycles. The molecule has 3 aromatic rings. The van der Waals surface area contributed by atoms with Gasteiger partial charge in [0, 0.05) is 43.7 Å². The predicted octanol–water partition coefficient (Wildman–Crippen LogP) is 2.23. The maximum atomic E-state index is 13.0. The lowest BCUT2D eigenvalue weighted by atomic mass is 10.0. The summed E-state index contributed by atoms with van der Waals surface area (Å²) < 4.78 is 10.8. The lowest BCUT2D eigenvalue weighted by Crippen LogP contribution is -2.49. The van der Waals surface area contributed by atoms with Crippen molar-refractivity contribution in [3.05, 3.63) is 70.6 Å². The summed E-state index contributed by atoms with van der Waals surface area (Å²) in [4.78, 5) is 29.6. The number of benzene rings is 2. The zero-order valence-electron chi connectivity index (χ0n) is 17.3. The van der Waals surface area contributed by atoms with E-state index in [1.807, 2.05) is 35.2 Å². The molecule has 31 heavy (non-hydrogen) atoms. The fourth-order valence-corrected chi connectivity index (χ4v) is 3.80. The number of rotatable bonds is 7. The SMILES string of the molecule is O=C(c1cccc(-c2cc3ccccc3oc2=O)c1)N1CCN(CCOCCO)CC1. The minimum Gasteiger partial charge on any atom is -0.422 e. The molecule has 1 N–H and O–H groups in total. The molecule has 0 spiro atoms. The van der Waals surface area contributed by atoms with Gasteiger partial charge in [-0.1, -0.05) is 30.3 Å². The number of fused-ring (bicyclic) bond motifs is 1. The number of piperazine rings is 1. The lowest BCUT2D eigenvalue weighted by Gasteiger charge is -2.34. The highest BCUT2D eigenvalue weighted by atomic mass is 16.5. The Morgan fingerprint density at radius 3 is 2.61 bits per heavy atom. The largest absolute Gasteiger partial charge is 0.422 e. The summed E-state index contributed by atoms with van der Waals surface area (Å²) in [5, 5.41) is 9.60. The van der Waals surface area contributed by atoms with Gasteiger partial charge in [-0.15, -0.1) is 0 Å². The van der Waals surface area contributed by atoms with Crippen molar-refractivity contribution in [2.75, 3.05) is 52.5 Å². The second-order valence-corrected chi connectivity index (χ2v) is 7.54. The van der Waals surface area contributed by atoms with Gasteiger partial charge in [0.25, 0.3) is 5.91 Å². The van der Waals surface area contributed by atoms with Crippen molar-refractivity contribution in [3.63, 3.8) is 0 Å². The summed E-state index contributed by atoms with van der Waals surface area (Å²) in [5.41, 5.74) is 1.80. The zero-order valence-corrected chi connectivity index (χ0v) is 17.3. The van der Waals surface area contributed by atoms with E-state index in [4.69, 9.17) is 14.3 Å². The molecule has 7 heteroatoms. The van der Waals surface area contributed by atoms with E-state index in [2.05, 4.69) is 4.90 Å². The summed E-state index contributed by atoms with van der Waals surface area (Å²) >= 11 is 0. The monoisotopic (exact) mass is 422 g/mol. The van der Waals surface area contributed by atoms with Crippen molar-refractivity contribution in [1.29, 1.82) is 0 Å². The van der Waals surface area contributed by atoms with Gasteiger partial charge in [0.1, 0.15) is 5.58 Å². The van der Waals surface area contributed by atoms with Crippen molar-refractivity contribution in [1.82, 2.24) is 9.80 Å². The third kappa shape index (κ3) is 5.02. The van der Waals surface area contributed by atoms with Gasteiger partial charge in [-0.2, -0.15) is 0 Å². The molecule has 7 nitrogen and oxygen atoms in total. The molecule has 0 radical (unpaired) electrons. The molecule has 0 unspecified atom stereocenters. The number of aliphatic hydroxyl groups excluding tert-OH is 1. The molecule has 1 aliphatic heterocycles. The normalized spacial score (nSPS) is 14.8. The van der Waals surface area contributed by atoms with Gasteiger partial charge in [0.2, 0.25) is 0 Å². The van der Waals surface area contributed by atoms with Crippen molar-refractivity contribution < 1.29 is 19.1 Å². The van der Waals surface area contributed by atoms with Gasteiger partial charge >= 0.3 is 5.63 Å². The van der Waals surface area contributed by atoms with Crippen LogP contribution in [0.15, 0.2) is 63.8 Å². The van der Waals surface area contributed by atoms with Crippen LogP contribution in [0.3, 0.4) is 0 Å². The first kappa shape index (κ1) is 21.2. The Morgan fingerprint density at radius 1 is 1.00 bits per heavy atom. The van der Waals surface area contributed by atoms with Crippen LogP contribution in [0.1, 0.15) is 10.4 Å². The Kier molecular flexibility index (Phi) is 6.76. The molecule has 162 valence electrons. The van der Waals surface area contributed by atoms with Gasteiger partial charge < -0.3 is 19.2 Å². The van der Waals surface area contributed by atoms with Crippen LogP contribution < -0.4 is 5.63 Å². The second-order valence-electron chi connectivity index (χ2n) is 7.54. The standard InChI is InChI=1S/C24H26N2O5/c27-13-15-30-14-12-25-8-10-26(11-9-25)23(28)20-6-3-5-18(16-20)21-17-19-4-1-2-7-22(19)31-24(21)29/h1-7,16-17,27H,8-15H2. The van der Waals surface area contributed by atoms with E-state index in [1.54, 1.807) is 24.3 Å². The van der Waals surface area contributed by atoms with Crippen LogP contribution in [-0.4, -0.2) is 73.4 Å². The van der Waals surface area contributed by atoms with E-state index in [1.165, 1.54) is 0 Å². The van der Waals surface area contributed by atoms with Gasteiger partial charge in [0.15, 0.2) is 0 Å². The Morgan fingerprint density at radius 2 is 1.81 bits per heavy atom. The highest BCUT2D eigenvalue weighted by Gasteiger charge is 2.22. The fraction of sp³-hybridized carbons (Fsp3) is 0.333. The topological polar surface area (TPSA) is 83.2 Å². The molecule has 1 fully saturated rings. The molecule has 4 rings (SSSR count). The third-order valence-corrected chi connectivity index (χ3v) is 5.51. The van der Waals surface area contributed by atoms with Crippen LogP contribution in [0.5, 0.6) is 0 Å². The van der Waals surface area contributed by atoms with E-state index in [9.17, 15) is 9.59 Å². The Hall–Kier alpha value is -3.00. The molecule has 0 aliphatic carbocycles. The van der Waals surface area contributed by atoms with Crippen molar-refractivity contribution in [3.8, 4) is 11.1 Å². The maximum absolute atomic E-state index is 13.0. The first-order chi connectivity index (χ1) is 15.2. The highest BCUT2D eigenvalue weighted by molar-refractivity contribution is 5.95. The van der Waals surface area contributed by atoms with Crippen molar-refractivity contribution >= 4 is 16.9 Å². The van der Waals surface area contributed by atoms with Gasteiger partial charge in [0.05, 0.1) is 25.4 Å². The minimum atomic E-state index is -0.416. The van der Waals surface area contributed by atoms with E-state index >= 15 is 0 Å². The summed E-state index contributed by atoms with van der Waals surface area (Å²) in [6, 6.07) is 16.3. The smallest absolute Gasteiger partial charge is 0.344 e. The predicted molar refractivity (Wildman–Crippen MR) is 118 cm³/mol. The summed E-state index contributed by atoms with van der Waals surface area (Å²) in [7, 11) is 0. The zero-order chi connectivity index (χ0) is 21.6. The number of carbonyl (C=O) groups is 1. The van der Waals surface area contributed by atoms with E-state index in [0.717, 1.165) is 25.0 Å². The van der Waals surface area contributed by atoms with Crippen LogP contribution in [-0.2, 0) is 4.74 Å². The van der Waals surface area contributed by atoms with Crippen LogP contribution in [0, 0.1) is 0 Å². The number of aliphatic hydroxyl groups is 1. The van der Waals surface area contributed by atoms with Gasteiger partial charge in [-0.05, 0) is 29.8 Å². The number of hydrogen-bond donors (Lipinski definition) is 1. The van der Waals surface area contributed by atoms with E-state index in [-0.39, 0.29) is 12.5 Å². The van der Waals surface area contributed by atoms with Gasteiger partial charge in [-0.3, -0.25) is 9.69 Å². The molecule has 0 saturated carbocycles. The van der Waals surface area contributed by atoms with Crippen LogP contribution in [0.4, 0.5) is 0 Å². The number of nitrogens with zero attached hydrogens (tertiary/aromatic N) is 2. The number of hydrogen-bond acceptors (Lipinski definition) is 6. The highest BCUT2D eigenvalue weighted by Crippen LogP contribution is 2.22. The Labute approximate surface area is 180 Å². The molecule has 1 aliphatic rings. The first-order valence-corrected chi connectivity index (χ1v) is 10.5. The molecule has 2 heterocycles. The Bertz CT molecular complexity index is 1100. The molecular weight excluding hydrogens is 396 g/mol. The quantitative estimate of drug-likeness (QED) is 0.464. The number of para-hydroxylation sites is 1. The van der Waals surface area contributed by atoms with Crippen LogP contribution in [0.2, 0.25) is 0 Å². The fourth-order valence-electron chi connectivity index (χ4n) is 3.80. The Balaban J connectivity index is 1.45.